The van der Waals surface area contributed by atoms with Gasteiger partial charge < -0.3 is 9.13 Å². The summed E-state index contributed by atoms with van der Waals surface area (Å²) in [5, 5.41) is 54.2. The van der Waals surface area contributed by atoms with Gasteiger partial charge in [-0.3, -0.25) is 0 Å². The third-order valence-corrected chi connectivity index (χ3v) is 13.4. The quantitative estimate of drug-likeness (QED) is 0.153. The number of hydrogen-bond donors (Lipinski definition) is 0. The summed E-state index contributed by atoms with van der Waals surface area (Å²) in [6.45, 7) is 25.5. The Morgan fingerprint density at radius 2 is 0.945 bits per heavy atom. The largest absolute Gasteiger partial charge is 0.309 e. The fourth-order valence-corrected chi connectivity index (χ4v) is 10.3. The van der Waals surface area contributed by atoms with Crippen molar-refractivity contribution in [3.05, 3.63) is 231 Å². The van der Waals surface area contributed by atoms with Gasteiger partial charge in [0.05, 0.1) is 94.5 Å². The van der Waals surface area contributed by atoms with Crippen molar-refractivity contribution in [2.24, 2.45) is 0 Å². The fraction of sp³-hybridized carbons (Fsp3) is 0.0159. The van der Waals surface area contributed by atoms with Crippen LogP contribution in [0.15, 0.2) is 164 Å². The van der Waals surface area contributed by atoms with Crippen LogP contribution >= 0.6 is 0 Å². The monoisotopic (exact) mass is 926 g/mol. The van der Waals surface area contributed by atoms with Gasteiger partial charge in [-0.2, -0.15) is 26.3 Å². The molecule has 0 unspecified atom stereocenters. The molecule has 0 N–H and O–H groups in total. The van der Waals surface area contributed by atoms with Gasteiger partial charge in [0.2, 0.25) is 0 Å². The lowest BCUT2D eigenvalue weighted by atomic mass is 9.89. The van der Waals surface area contributed by atoms with Crippen molar-refractivity contribution >= 4 is 60.7 Å². The van der Waals surface area contributed by atoms with E-state index >= 15 is 0 Å². The Bertz CT molecular complexity index is 4550. The minimum atomic E-state index is 0.205. The SMILES string of the molecule is [C-]#[N+]c1cc(C#N)c(-c2ccc3c(c2)c2ccccc2n3-c2ccc(-c3ccc(C#N)cc3C)c(-c3cc(C#N)ccc3-n3c4ccccc4c4cc(-c5c(C#N)cc(C#N)cc5[N+]#[C-])ccc43)c2)c([N+]#[C-])c1. The summed E-state index contributed by atoms with van der Waals surface area (Å²) >= 11 is 0. The molecular weight excluding hydrogens is 897 g/mol. The molecule has 0 aliphatic rings. The number of nitrogens with zero attached hydrogens (tertiary/aromatic N) is 10. The van der Waals surface area contributed by atoms with E-state index in [1.165, 1.54) is 24.3 Å². The third kappa shape index (κ3) is 7.04. The Morgan fingerprint density at radius 3 is 1.55 bits per heavy atom. The average molecular weight is 927 g/mol. The zero-order valence-electron chi connectivity index (χ0n) is 38.6. The molecule has 10 heteroatoms. The molecule has 73 heavy (non-hydrogen) atoms. The highest BCUT2D eigenvalue weighted by Crippen LogP contribution is 2.46. The molecule has 0 radical (unpaired) electrons. The van der Waals surface area contributed by atoms with Crippen molar-refractivity contribution in [3.8, 4) is 86.2 Å². The molecule has 0 atom stereocenters. The van der Waals surface area contributed by atoms with Crippen LogP contribution in [0, 0.1) is 83.3 Å². The second-order valence-electron chi connectivity index (χ2n) is 17.4. The lowest BCUT2D eigenvalue weighted by molar-refractivity contribution is 1.17. The number of hydrogen-bond acceptors (Lipinski definition) is 5. The molecular formula is C63H30N10. The van der Waals surface area contributed by atoms with Crippen LogP contribution in [-0.4, -0.2) is 9.13 Å². The molecule has 0 fully saturated rings. The summed E-state index contributed by atoms with van der Waals surface area (Å²) in [5.74, 6) is 0. The number of para-hydroxylation sites is 2. The van der Waals surface area contributed by atoms with Gasteiger partial charge >= 0.3 is 0 Å². The van der Waals surface area contributed by atoms with E-state index in [1.54, 1.807) is 12.1 Å². The Hall–Kier alpha value is -11.5. The van der Waals surface area contributed by atoms with Crippen LogP contribution in [0.4, 0.5) is 17.1 Å². The van der Waals surface area contributed by atoms with E-state index in [0.29, 0.717) is 33.4 Å². The van der Waals surface area contributed by atoms with Crippen LogP contribution < -0.4 is 0 Å². The highest BCUT2D eigenvalue weighted by molar-refractivity contribution is 6.13. The van der Waals surface area contributed by atoms with Crippen molar-refractivity contribution in [1.29, 1.82) is 26.3 Å². The maximum Gasteiger partial charge on any atom is 0.197 e. The van der Waals surface area contributed by atoms with Gasteiger partial charge in [0, 0.05) is 55.0 Å². The minimum Gasteiger partial charge on any atom is -0.309 e. The van der Waals surface area contributed by atoms with Crippen LogP contribution in [0.5, 0.6) is 0 Å². The zero-order chi connectivity index (χ0) is 50.5. The maximum absolute atomic E-state index is 10.6. The Kier molecular flexibility index (Phi) is 10.6. The van der Waals surface area contributed by atoms with Gasteiger partial charge in [-0.05, 0) is 137 Å². The highest BCUT2D eigenvalue weighted by Gasteiger charge is 2.24. The van der Waals surface area contributed by atoms with E-state index in [9.17, 15) is 26.3 Å². The van der Waals surface area contributed by atoms with E-state index in [4.69, 9.17) is 19.7 Å². The predicted molar refractivity (Wildman–Crippen MR) is 284 cm³/mol. The second-order valence-corrected chi connectivity index (χ2v) is 17.4. The van der Waals surface area contributed by atoms with Crippen molar-refractivity contribution in [1.82, 2.24) is 9.13 Å². The number of nitriles is 5. The molecule has 0 saturated heterocycles. The molecule has 9 aromatic carbocycles. The lowest BCUT2D eigenvalue weighted by Gasteiger charge is -2.20. The van der Waals surface area contributed by atoms with E-state index in [0.717, 1.165) is 82.8 Å². The van der Waals surface area contributed by atoms with E-state index in [1.807, 2.05) is 110 Å². The summed E-state index contributed by atoms with van der Waals surface area (Å²) in [5.41, 5.74) is 13.9. The first kappa shape index (κ1) is 44.0. The topological polar surface area (TPSA) is 142 Å². The molecule has 11 aromatic rings. The van der Waals surface area contributed by atoms with Crippen molar-refractivity contribution in [2.75, 3.05) is 0 Å². The smallest absolute Gasteiger partial charge is 0.197 e. The number of fused-ring (bicyclic) bond motifs is 6. The van der Waals surface area contributed by atoms with Crippen molar-refractivity contribution in [3.63, 3.8) is 0 Å². The molecule has 0 aliphatic carbocycles. The van der Waals surface area contributed by atoms with Gasteiger partial charge in [0.25, 0.3) is 0 Å². The molecule has 0 spiro atoms. The molecule has 0 bridgehead atoms. The van der Waals surface area contributed by atoms with Crippen LogP contribution in [0.25, 0.3) is 114 Å². The first-order valence-corrected chi connectivity index (χ1v) is 22.7. The summed E-state index contributed by atoms with van der Waals surface area (Å²) < 4.78 is 4.36. The van der Waals surface area contributed by atoms with Crippen LogP contribution in [0.1, 0.15) is 33.4 Å². The number of benzene rings is 9. The lowest BCUT2D eigenvalue weighted by Crippen LogP contribution is -2.01. The molecule has 0 aliphatic heterocycles. The highest BCUT2D eigenvalue weighted by atomic mass is 15.0. The predicted octanol–water partition coefficient (Wildman–Crippen LogP) is 15.9. The molecule has 11 rings (SSSR count). The third-order valence-electron chi connectivity index (χ3n) is 13.4. The Morgan fingerprint density at radius 1 is 0.397 bits per heavy atom. The van der Waals surface area contributed by atoms with Gasteiger partial charge in [0.1, 0.15) is 0 Å². The number of aryl methyl sites for hydroxylation is 1. The van der Waals surface area contributed by atoms with Gasteiger partial charge in [-0.15, -0.1) is 0 Å². The van der Waals surface area contributed by atoms with Crippen LogP contribution in [-0.2, 0) is 0 Å². The van der Waals surface area contributed by atoms with Crippen molar-refractivity contribution in [2.45, 2.75) is 6.92 Å². The van der Waals surface area contributed by atoms with E-state index in [2.05, 4.69) is 78.3 Å². The molecule has 2 heterocycles. The Labute approximate surface area is 418 Å². The van der Waals surface area contributed by atoms with Crippen LogP contribution in [0.3, 0.4) is 0 Å². The molecule has 10 nitrogen and oxygen atoms in total. The normalized spacial score (nSPS) is 10.7. The maximum atomic E-state index is 10.6. The summed E-state index contributed by atoms with van der Waals surface area (Å²) in [7, 11) is 0. The van der Waals surface area contributed by atoms with Crippen molar-refractivity contribution < 1.29 is 0 Å². The van der Waals surface area contributed by atoms with E-state index in [-0.39, 0.29) is 33.8 Å². The fourth-order valence-electron chi connectivity index (χ4n) is 10.3. The van der Waals surface area contributed by atoms with Gasteiger partial charge in [-0.25, -0.2) is 14.5 Å². The molecule has 0 saturated carbocycles. The summed E-state index contributed by atoms with van der Waals surface area (Å²) in [6, 6.07) is 62.6. The minimum absolute atomic E-state index is 0.205. The van der Waals surface area contributed by atoms with Gasteiger partial charge in [0.15, 0.2) is 17.1 Å². The molecule has 332 valence electrons. The summed E-state index contributed by atoms with van der Waals surface area (Å²) in [4.78, 5) is 11.0. The average Bonchev–Trinajstić information content (AvgIpc) is 3.95. The Balaban J connectivity index is 1.19. The zero-order valence-corrected chi connectivity index (χ0v) is 38.6. The van der Waals surface area contributed by atoms with E-state index < -0.39 is 0 Å². The van der Waals surface area contributed by atoms with Gasteiger partial charge in [-0.1, -0.05) is 66.7 Å². The molecule has 2 aromatic heterocycles. The summed E-state index contributed by atoms with van der Waals surface area (Å²) in [6.07, 6.45) is 0. The van der Waals surface area contributed by atoms with Crippen LogP contribution in [0.2, 0.25) is 0 Å². The first-order chi connectivity index (χ1) is 35.7. The second kappa shape index (κ2) is 17.5. The molecule has 0 amide bonds. The standard InChI is InChI=1S/C63H30N10/c1-37-23-38(32-64)13-18-47(37)48-19-17-46(72-57-11-7-5-9-49(57)53-28-42(15-21-59(53)72)63-44(36-68)27-45(69-2)30-56(63)71-4)31-51(48)52-25-39(33-65)14-20-60(52)73-58-12-8-6-10-50(58)54-29-41(16-22-61(54)73)62-43(35-67)24-40(34-66)26-55(62)70-3/h5-31H,1H3. The number of rotatable bonds is 6. The number of aromatic nitrogens is 2. The first-order valence-electron chi connectivity index (χ1n) is 22.7.